The van der Waals surface area contributed by atoms with Crippen LogP contribution in [0.15, 0.2) is 30.3 Å². The van der Waals surface area contributed by atoms with Crippen LogP contribution in [0, 0.1) is 0 Å². The van der Waals surface area contributed by atoms with Gasteiger partial charge < -0.3 is 15.0 Å². The van der Waals surface area contributed by atoms with E-state index in [-0.39, 0.29) is 18.4 Å². The van der Waals surface area contributed by atoms with Crippen LogP contribution in [0.3, 0.4) is 0 Å². The molecule has 2 aliphatic heterocycles. The van der Waals surface area contributed by atoms with Gasteiger partial charge in [0.2, 0.25) is 11.8 Å². The van der Waals surface area contributed by atoms with Gasteiger partial charge in [0.1, 0.15) is 18.7 Å². The number of hydrogen-bond donors (Lipinski definition) is 1. The first kappa shape index (κ1) is 28.0. The average molecular weight is 500 g/mol. The molecule has 0 spiro atoms. The van der Waals surface area contributed by atoms with Crippen LogP contribution in [0.25, 0.3) is 0 Å². The van der Waals surface area contributed by atoms with E-state index in [1.807, 2.05) is 30.3 Å². The van der Waals surface area contributed by atoms with Crippen LogP contribution < -0.4 is 5.32 Å². The topological polar surface area (TPSA) is 79.0 Å². The molecule has 36 heavy (non-hydrogen) atoms. The van der Waals surface area contributed by atoms with Crippen LogP contribution >= 0.6 is 0 Å². The van der Waals surface area contributed by atoms with Gasteiger partial charge in [-0.2, -0.15) is 0 Å². The molecule has 0 saturated carbocycles. The van der Waals surface area contributed by atoms with Gasteiger partial charge in [-0.3, -0.25) is 14.5 Å². The number of rotatable bonds is 15. The van der Waals surface area contributed by atoms with Crippen LogP contribution in [0.4, 0.5) is 4.79 Å². The van der Waals surface area contributed by atoms with E-state index >= 15 is 0 Å². The lowest BCUT2D eigenvalue weighted by molar-refractivity contribution is -0.150. The molecule has 0 bridgehead atoms. The van der Waals surface area contributed by atoms with Gasteiger partial charge in [0.05, 0.1) is 0 Å². The summed E-state index contributed by atoms with van der Waals surface area (Å²) in [5.41, 5.74) is 0.912. The average Bonchev–Trinajstić information content (AvgIpc) is 3.36. The molecule has 0 aromatic heterocycles. The fraction of sp³-hybridized carbons (Fsp3) is 0.690. The molecular formula is C29H45N3O4. The molecule has 3 rings (SSSR count). The lowest BCUT2D eigenvalue weighted by Gasteiger charge is -2.42. The molecule has 2 saturated heterocycles. The monoisotopic (exact) mass is 499 g/mol. The van der Waals surface area contributed by atoms with E-state index in [0.29, 0.717) is 32.5 Å². The number of nitrogens with one attached hydrogen (secondary N) is 1. The Balaban J connectivity index is 1.32. The quantitative estimate of drug-likeness (QED) is 0.327. The Morgan fingerprint density at radius 1 is 0.833 bits per heavy atom. The summed E-state index contributed by atoms with van der Waals surface area (Å²) in [6, 6.07) is 8.57. The maximum absolute atomic E-state index is 13.2. The van der Waals surface area contributed by atoms with Gasteiger partial charge in [-0.05, 0) is 31.2 Å². The number of unbranched alkanes of at least 4 members (excludes halogenated alkanes) is 9. The van der Waals surface area contributed by atoms with Gasteiger partial charge in [0.25, 0.3) is 0 Å². The SMILES string of the molecule is CCCCCCCCCCCCNC(=O)[C@@H]1CCN1C(=O)[C@@H]1CCCN1C(=O)OCc1ccccc1. The molecule has 1 aromatic rings. The highest BCUT2D eigenvalue weighted by Gasteiger charge is 2.44. The van der Waals surface area contributed by atoms with Gasteiger partial charge in [-0.15, -0.1) is 0 Å². The predicted octanol–water partition coefficient (Wildman–Crippen LogP) is 5.43. The van der Waals surface area contributed by atoms with E-state index in [1.165, 1.54) is 56.3 Å². The summed E-state index contributed by atoms with van der Waals surface area (Å²) < 4.78 is 5.46. The summed E-state index contributed by atoms with van der Waals surface area (Å²) in [6.07, 6.45) is 14.2. The van der Waals surface area contributed by atoms with E-state index < -0.39 is 18.2 Å². The molecule has 2 fully saturated rings. The molecule has 7 nitrogen and oxygen atoms in total. The minimum Gasteiger partial charge on any atom is -0.445 e. The second-order valence-electron chi connectivity index (χ2n) is 10.2. The summed E-state index contributed by atoms with van der Waals surface area (Å²) in [6.45, 7) is 4.17. The second kappa shape index (κ2) is 15.5. The third-order valence-corrected chi connectivity index (χ3v) is 7.41. The van der Waals surface area contributed by atoms with Crippen molar-refractivity contribution in [3.8, 4) is 0 Å². The van der Waals surface area contributed by atoms with Crippen molar-refractivity contribution < 1.29 is 19.1 Å². The number of amides is 3. The summed E-state index contributed by atoms with van der Waals surface area (Å²) in [5, 5.41) is 3.02. The third-order valence-electron chi connectivity index (χ3n) is 7.41. The number of benzene rings is 1. The zero-order valence-corrected chi connectivity index (χ0v) is 22.1. The van der Waals surface area contributed by atoms with Crippen LogP contribution in [0.5, 0.6) is 0 Å². The lowest BCUT2D eigenvalue weighted by Crippen LogP contribution is -2.62. The number of likely N-dealkylation sites (tertiary alicyclic amines) is 2. The Hall–Kier alpha value is -2.57. The molecule has 2 atom stereocenters. The zero-order valence-electron chi connectivity index (χ0n) is 22.1. The Bertz CT molecular complexity index is 816. The van der Waals surface area contributed by atoms with Crippen LogP contribution in [-0.4, -0.2) is 59.4 Å². The molecular weight excluding hydrogens is 454 g/mol. The molecule has 0 aliphatic carbocycles. The van der Waals surface area contributed by atoms with Gasteiger partial charge in [0, 0.05) is 19.6 Å². The number of carbonyl (C=O) groups excluding carboxylic acids is 3. The molecule has 0 radical (unpaired) electrons. The van der Waals surface area contributed by atoms with Crippen LogP contribution in [-0.2, 0) is 20.9 Å². The number of carbonyl (C=O) groups is 3. The highest BCUT2D eigenvalue weighted by atomic mass is 16.6. The van der Waals surface area contributed by atoms with E-state index in [2.05, 4.69) is 12.2 Å². The first-order valence-electron chi connectivity index (χ1n) is 14.2. The predicted molar refractivity (Wildman–Crippen MR) is 141 cm³/mol. The third kappa shape index (κ3) is 8.52. The van der Waals surface area contributed by atoms with Gasteiger partial charge >= 0.3 is 6.09 Å². The Morgan fingerprint density at radius 3 is 2.14 bits per heavy atom. The molecule has 1 aromatic carbocycles. The highest BCUT2D eigenvalue weighted by molar-refractivity contribution is 5.93. The van der Waals surface area contributed by atoms with E-state index in [9.17, 15) is 14.4 Å². The van der Waals surface area contributed by atoms with Gasteiger partial charge in [-0.25, -0.2) is 4.79 Å². The molecule has 1 N–H and O–H groups in total. The first-order valence-corrected chi connectivity index (χ1v) is 14.2. The molecule has 2 aliphatic rings. The Kier molecular flexibility index (Phi) is 12.1. The largest absolute Gasteiger partial charge is 0.445 e. The summed E-state index contributed by atoms with van der Waals surface area (Å²) in [5.74, 6) is -0.198. The van der Waals surface area contributed by atoms with Gasteiger partial charge in [-0.1, -0.05) is 95.0 Å². The van der Waals surface area contributed by atoms with Crippen molar-refractivity contribution in [1.82, 2.24) is 15.1 Å². The number of ether oxygens (including phenoxy) is 1. The van der Waals surface area contributed by atoms with Crippen molar-refractivity contribution in [2.24, 2.45) is 0 Å². The minimum atomic E-state index is -0.536. The van der Waals surface area contributed by atoms with Crippen LogP contribution in [0.1, 0.15) is 96.0 Å². The van der Waals surface area contributed by atoms with Crippen molar-refractivity contribution in [1.29, 1.82) is 0 Å². The normalized spacial score (nSPS) is 19.1. The van der Waals surface area contributed by atoms with Crippen LogP contribution in [0.2, 0.25) is 0 Å². The van der Waals surface area contributed by atoms with E-state index in [4.69, 9.17) is 4.74 Å². The molecule has 200 valence electrons. The highest BCUT2D eigenvalue weighted by Crippen LogP contribution is 2.26. The first-order chi connectivity index (χ1) is 17.6. The van der Waals surface area contributed by atoms with Gasteiger partial charge in [0.15, 0.2) is 0 Å². The molecule has 3 amide bonds. The smallest absolute Gasteiger partial charge is 0.410 e. The maximum Gasteiger partial charge on any atom is 0.410 e. The number of hydrogen-bond acceptors (Lipinski definition) is 4. The standard InChI is InChI=1S/C29H45N3O4/c1-2-3-4-5-6-7-8-9-10-14-20-30-27(33)25-19-22-31(25)28(34)26-18-15-21-32(26)29(35)36-23-24-16-12-11-13-17-24/h11-13,16-17,25-26H,2-10,14-15,18-23H2,1H3,(H,30,33)/t25-,26-/m0/s1. The fourth-order valence-corrected chi connectivity index (χ4v) is 5.10. The lowest BCUT2D eigenvalue weighted by atomic mass is 9.99. The van der Waals surface area contributed by atoms with Crippen molar-refractivity contribution in [3.63, 3.8) is 0 Å². The summed E-state index contributed by atoms with van der Waals surface area (Å²) in [7, 11) is 0. The van der Waals surface area contributed by atoms with Crippen molar-refractivity contribution in [3.05, 3.63) is 35.9 Å². The van der Waals surface area contributed by atoms with E-state index in [0.717, 1.165) is 24.8 Å². The fourth-order valence-electron chi connectivity index (χ4n) is 5.10. The van der Waals surface area contributed by atoms with Crippen molar-refractivity contribution in [2.75, 3.05) is 19.6 Å². The minimum absolute atomic E-state index is 0.0678. The second-order valence-corrected chi connectivity index (χ2v) is 10.2. The van der Waals surface area contributed by atoms with Crippen molar-refractivity contribution in [2.45, 2.75) is 109 Å². The summed E-state index contributed by atoms with van der Waals surface area (Å²) in [4.78, 5) is 41.7. The van der Waals surface area contributed by atoms with Crippen molar-refractivity contribution >= 4 is 17.9 Å². The molecule has 7 heteroatoms. The molecule has 0 unspecified atom stereocenters. The van der Waals surface area contributed by atoms with E-state index in [1.54, 1.807) is 4.90 Å². The Morgan fingerprint density at radius 2 is 1.50 bits per heavy atom. The summed E-state index contributed by atoms with van der Waals surface area (Å²) >= 11 is 0. The zero-order chi connectivity index (χ0) is 25.6. The molecule has 2 heterocycles. The maximum atomic E-state index is 13.2. The Labute approximate surface area is 216 Å². The number of nitrogens with zero attached hydrogens (tertiary/aromatic N) is 2.